The highest BCUT2D eigenvalue weighted by Crippen LogP contribution is 2.41. The van der Waals surface area contributed by atoms with Gasteiger partial charge < -0.3 is 24.7 Å². The maximum atomic E-state index is 14.8. The molecule has 0 saturated carbocycles. The third-order valence-corrected chi connectivity index (χ3v) is 6.31. The van der Waals surface area contributed by atoms with Gasteiger partial charge in [-0.3, -0.25) is 4.90 Å². The van der Waals surface area contributed by atoms with Crippen LogP contribution in [0.5, 0.6) is 0 Å². The van der Waals surface area contributed by atoms with Gasteiger partial charge in [0.05, 0.1) is 30.6 Å². The van der Waals surface area contributed by atoms with Crippen molar-refractivity contribution in [3.63, 3.8) is 0 Å². The van der Waals surface area contributed by atoms with Crippen molar-refractivity contribution < 1.29 is 33.8 Å². The molecular weight excluding hydrogens is 433 g/mol. The molecule has 0 bridgehead atoms. The summed E-state index contributed by atoms with van der Waals surface area (Å²) in [6.45, 7) is -0.0959. The number of likely N-dealkylation sites (N-methyl/N-ethyl adjacent to an activating group) is 1. The van der Waals surface area contributed by atoms with E-state index in [1.165, 1.54) is 13.1 Å². The van der Waals surface area contributed by atoms with Gasteiger partial charge in [-0.1, -0.05) is 17.3 Å². The minimum absolute atomic E-state index is 0.0838. The highest BCUT2D eigenvalue weighted by molar-refractivity contribution is 6.02. The number of hydrogen-bond acceptors (Lipinski definition) is 6. The Morgan fingerprint density at radius 1 is 1.24 bits per heavy atom. The van der Waals surface area contributed by atoms with Gasteiger partial charge in [0.15, 0.2) is 6.10 Å². The number of hydrogen-bond donors (Lipinski definition) is 2. The van der Waals surface area contributed by atoms with Crippen LogP contribution < -0.4 is 4.90 Å². The number of fused-ring (bicyclic) bond motifs is 3. The summed E-state index contributed by atoms with van der Waals surface area (Å²) in [5, 5.41) is 22.2. The van der Waals surface area contributed by atoms with Crippen molar-refractivity contribution in [2.24, 2.45) is 5.16 Å². The molecule has 1 fully saturated rings. The topological polar surface area (TPSA) is 112 Å². The maximum absolute atomic E-state index is 14.8. The summed E-state index contributed by atoms with van der Waals surface area (Å²) in [6, 6.07) is 10.1. The fourth-order valence-electron chi connectivity index (χ4n) is 4.58. The third kappa shape index (κ3) is 3.66. The molecule has 2 N–H and O–H groups in total. The molecule has 0 aromatic heterocycles. The zero-order valence-electron chi connectivity index (χ0n) is 17.8. The molecule has 2 aromatic rings. The van der Waals surface area contributed by atoms with Crippen LogP contribution in [0.25, 0.3) is 11.1 Å². The lowest BCUT2D eigenvalue weighted by atomic mass is 9.97. The van der Waals surface area contributed by atoms with Crippen LogP contribution in [0.15, 0.2) is 41.6 Å². The van der Waals surface area contributed by atoms with Crippen molar-refractivity contribution >= 4 is 23.6 Å². The second-order valence-corrected chi connectivity index (χ2v) is 8.42. The first-order valence-electron chi connectivity index (χ1n) is 10.6. The number of carbonyl (C=O) groups excluding carboxylic acids is 1. The summed E-state index contributed by atoms with van der Waals surface area (Å²) in [7, 11) is 1.43. The number of benzene rings is 2. The molecule has 1 saturated heterocycles. The van der Waals surface area contributed by atoms with Gasteiger partial charge in [0.1, 0.15) is 11.9 Å². The first-order valence-corrected chi connectivity index (χ1v) is 10.6. The van der Waals surface area contributed by atoms with Crippen molar-refractivity contribution in [2.75, 3.05) is 25.1 Å². The average molecular weight is 455 g/mol. The van der Waals surface area contributed by atoms with Crippen molar-refractivity contribution in [1.82, 2.24) is 4.90 Å². The Balaban J connectivity index is 1.38. The molecule has 9 nitrogen and oxygen atoms in total. The van der Waals surface area contributed by atoms with Crippen molar-refractivity contribution in [3.8, 4) is 11.1 Å². The number of rotatable bonds is 5. The van der Waals surface area contributed by atoms with Gasteiger partial charge in [-0.2, -0.15) is 0 Å². The fourth-order valence-corrected chi connectivity index (χ4v) is 4.58. The van der Waals surface area contributed by atoms with E-state index in [0.717, 1.165) is 21.7 Å². The van der Waals surface area contributed by atoms with E-state index >= 15 is 0 Å². The van der Waals surface area contributed by atoms with Crippen LogP contribution in [0.3, 0.4) is 0 Å². The Kier molecular flexibility index (Phi) is 5.16. The number of aliphatic hydroxyl groups excluding tert-OH is 1. The van der Waals surface area contributed by atoms with E-state index in [2.05, 4.69) is 5.16 Å². The lowest BCUT2D eigenvalue weighted by Crippen LogP contribution is -2.41. The lowest BCUT2D eigenvalue weighted by molar-refractivity contribution is 0.0390. The molecule has 0 aliphatic carbocycles. The van der Waals surface area contributed by atoms with E-state index in [0.29, 0.717) is 29.7 Å². The second-order valence-electron chi connectivity index (χ2n) is 8.42. The van der Waals surface area contributed by atoms with Crippen LogP contribution in [0.4, 0.5) is 19.7 Å². The predicted molar refractivity (Wildman–Crippen MR) is 116 cm³/mol. The lowest BCUT2D eigenvalue weighted by Gasteiger charge is -2.21. The molecule has 10 heteroatoms. The van der Waals surface area contributed by atoms with Gasteiger partial charge in [-0.25, -0.2) is 14.0 Å². The van der Waals surface area contributed by atoms with E-state index in [-0.39, 0.29) is 19.2 Å². The number of aliphatic hydroxyl groups is 1. The van der Waals surface area contributed by atoms with Crippen molar-refractivity contribution in [3.05, 3.63) is 53.3 Å². The van der Waals surface area contributed by atoms with Crippen molar-refractivity contribution in [2.45, 2.75) is 31.1 Å². The summed E-state index contributed by atoms with van der Waals surface area (Å²) in [5.41, 5.74) is 3.91. The van der Waals surface area contributed by atoms with Gasteiger partial charge in [0, 0.05) is 19.0 Å². The molecule has 0 radical (unpaired) electrons. The summed E-state index contributed by atoms with van der Waals surface area (Å²) in [4.78, 5) is 31.3. The Hall–Kier alpha value is -3.66. The van der Waals surface area contributed by atoms with Crippen LogP contribution in [-0.2, 0) is 16.0 Å². The molecule has 0 spiro atoms. The van der Waals surface area contributed by atoms with Crippen LogP contribution in [0.1, 0.15) is 17.5 Å². The van der Waals surface area contributed by atoms with Gasteiger partial charge in [-0.15, -0.1) is 0 Å². The number of nitrogens with zero attached hydrogens (tertiary/aromatic N) is 3. The van der Waals surface area contributed by atoms with E-state index in [4.69, 9.17) is 14.7 Å². The largest absolute Gasteiger partial charge is 0.465 e. The molecule has 3 aliphatic rings. The third-order valence-electron chi connectivity index (χ3n) is 6.31. The number of oxime groups is 1. The van der Waals surface area contributed by atoms with E-state index in [1.807, 2.05) is 18.2 Å². The van der Waals surface area contributed by atoms with E-state index < -0.39 is 30.2 Å². The molecule has 3 aliphatic heterocycles. The zero-order valence-corrected chi connectivity index (χ0v) is 17.8. The molecule has 172 valence electrons. The van der Waals surface area contributed by atoms with Crippen LogP contribution in [0, 0.1) is 5.82 Å². The monoisotopic (exact) mass is 455 g/mol. The van der Waals surface area contributed by atoms with Crippen LogP contribution in [0.2, 0.25) is 0 Å². The first kappa shape index (κ1) is 21.2. The molecule has 5 rings (SSSR count). The Morgan fingerprint density at radius 3 is 2.70 bits per heavy atom. The Labute approximate surface area is 188 Å². The fraction of sp³-hybridized carbons (Fsp3) is 0.348. The number of carboxylic acid groups (broad SMARTS) is 1. The van der Waals surface area contributed by atoms with Gasteiger partial charge in [0.2, 0.25) is 0 Å². The minimum atomic E-state index is -1.09. The molecule has 2 amide bonds. The quantitative estimate of drug-likeness (QED) is 0.717. The Bertz CT molecular complexity index is 1170. The number of anilines is 1. The standard InChI is InChI=1S/C23H22FN3O6/c1-26(22(29)30)10-21-20-8-14-6-12(3-5-19(14)27(20)23(31)32-21)13-2-4-16(17(24)7-13)18-9-15(11-28)33-25-18/h2-7,15,20-21,28H,8-11H2,1H3,(H,29,30)/t15?,20-,21-/m0/s1. The molecule has 33 heavy (non-hydrogen) atoms. The summed E-state index contributed by atoms with van der Waals surface area (Å²) in [6.07, 6.45) is -1.73. The smallest absolute Gasteiger partial charge is 0.415 e. The molecule has 3 atom stereocenters. The molecule has 3 heterocycles. The second kappa shape index (κ2) is 8.04. The van der Waals surface area contributed by atoms with Crippen molar-refractivity contribution in [1.29, 1.82) is 0 Å². The number of amides is 2. The normalized spacial score (nSPS) is 23.0. The number of ether oxygens (including phenoxy) is 1. The van der Waals surface area contributed by atoms with Gasteiger partial charge in [-0.05, 0) is 47.4 Å². The number of halogens is 1. The zero-order chi connectivity index (χ0) is 23.3. The summed E-state index contributed by atoms with van der Waals surface area (Å²) >= 11 is 0. The predicted octanol–water partition coefficient (Wildman–Crippen LogP) is 2.84. The van der Waals surface area contributed by atoms with E-state index in [9.17, 15) is 19.1 Å². The van der Waals surface area contributed by atoms with E-state index in [1.54, 1.807) is 17.0 Å². The van der Waals surface area contributed by atoms with Gasteiger partial charge in [0.25, 0.3) is 0 Å². The first-order chi connectivity index (χ1) is 15.9. The Morgan fingerprint density at radius 2 is 2.00 bits per heavy atom. The number of carbonyl (C=O) groups is 2. The average Bonchev–Trinajstić information content (AvgIpc) is 3.49. The minimum Gasteiger partial charge on any atom is -0.465 e. The summed E-state index contributed by atoms with van der Waals surface area (Å²) in [5.74, 6) is -0.435. The maximum Gasteiger partial charge on any atom is 0.415 e. The SMILES string of the molecule is CN(C[C@@H]1OC(=O)N2c3ccc(-c4ccc(C5=NOC(CO)C5)c(F)c4)cc3C[C@@H]12)C(=O)O. The highest BCUT2D eigenvalue weighted by atomic mass is 19.1. The molecule has 1 unspecified atom stereocenters. The van der Waals surface area contributed by atoms with Crippen LogP contribution in [-0.4, -0.2) is 71.5 Å². The van der Waals surface area contributed by atoms with Crippen LogP contribution >= 0.6 is 0 Å². The highest BCUT2D eigenvalue weighted by Gasteiger charge is 2.48. The number of cyclic esters (lactones) is 1. The molecular formula is C23H22FN3O6. The molecule has 2 aromatic carbocycles. The van der Waals surface area contributed by atoms with Gasteiger partial charge >= 0.3 is 12.2 Å². The summed E-state index contributed by atoms with van der Waals surface area (Å²) < 4.78 is 20.3.